The average molecular weight is 384 g/mol. The number of carbonyl (C=O) groups excluding carboxylic acids is 1. The van der Waals surface area contributed by atoms with E-state index in [2.05, 4.69) is 9.97 Å². The molecule has 2 heterocycles. The Hall–Kier alpha value is -3.35. The van der Waals surface area contributed by atoms with E-state index in [0.29, 0.717) is 11.1 Å². The second-order valence-corrected chi connectivity index (χ2v) is 6.22. The summed E-state index contributed by atoms with van der Waals surface area (Å²) in [7, 11) is 0. The zero-order chi connectivity index (χ0) is 20.1. The molecule has 0 amide bonds. The number of hydrogen-bond acceptors (Lipinski definition) is 4. The van der Waals surface area contributed by atoms with Gasteiger partial charge in [-0.25, -0.2) is 13.6 Å². The summed E-state index contributed by atoms with van der Waals surface area (Å²) in [5.41, 5.74) is 1.03. The molecule has 3 aromatic rings. The molecular weight excluding hydrogens is 366 g/mol. The highest BCUT2D eigenvalue weighted by Gasteiger charge is 2.14. The Morgan fingerprint density at radius 2 is 1.79 bits per heavy atom. The normalized spacial score (nSPS) is 10.7. The zero-order valence-electron chi connectivity index (χ0n) is 15.2. The molecule has 3 rings (SSSR count). The molecule has 0 aliphatic heterocycles. The van der Waals surface area contributed by atoms with E-state index < -0.39 is 17.6 Å². The Morgan fingerprint density at radius 1 is 1.07 bits per heavy atom. The minimum atomic E-state index is -0.603. The number of benzene rings is 1. The van der Waals surface area contributed by atoms with Crippen molar-refractivity contribution in [3.05, 3.63) is 98.7 Å². The molecule has 5 nitrogen and oxygen atoms in total. The third-order valence-electron chi connectivity index (χ3n) is 4.20. The quantitative estimate of drug-likeness (QED) is 0.661. The number of aromatic nitrogens is 2. The van der Waals surface area contributed by atoms with Crippen molar-refractivity contribution in [2.24, 2.45) is 0 Å². The molecule has 0 saturated heterocycles. The van der Waals surface area contributed by atoms with Gasteiger partial charge in [0.1, 0.15) is 11.6 Å². The summed E-state index contributed by atoms with van der Waals surface area (Å²) in [6.45, 7) is 1.92. The van der Waals surface area contributed by atoms with Crippen molar-refractivity contribution in [2.75, 3.05) is 6.61 Å². The lowest BCUT2D eigenvalue weighted by Gasteiger charge is -2.09. The third-order valence-corrected chi connectivity index (χ3v) is 4.20. The van der Waals surface area contributed by atoms with Crippen LogP contribution in [0.4, 0.5) is 8.78 Å². The van der Waals surface area contributed by atoms with Crippen molar-refractivity contribution in [1.29, 1.82) is 0 Å². The van der Waals surface area contributed by atoms with Crippen LogP contribution >= 0.6 is 0 Å². The van der Waals surface area contributed by atoms with Gasteiger partial charge in [-0.3, -0.25) is 9.78 Å². The van der Waals surface area contributed by atoms with Crippen LogP contribution < -0.4 is 5.56 Å². The zero-order valence-corrected chi connectivity index (χ0v) is 15.2. The lowest BCUT2D eigenvalue weighted by atomic mass is 9.99. The predicted molar refractivity (Wildman–Crippen MR) is 99.2 cm³/mol. The molecule has 1 aromatic carbocycles. The van der Waals surface area contributed by atoms with E-state index in [0.717, 1.165) is 12.1 Å². The highest BCUT2D eigenvalue weighted by atomic mass is 19.1. The molecule has 1 N–H and O–H groups in total. The number of hydrogen-bond donors (Lipinski definition) is 1. The summed E-state index contributed by atoms with van der Waals surface area (Å²) in [5, 5.41) is 0. The number of carbonyl (C=O) groups is 1. The maximum absolute atomic E-state index is 14.5. The van der Waals surface area contributed by atoms with E-state index in [4.69, 9.17) is 4.74 Å². The fourth-order valence-electron chi connectivity index (χ4n) is 2.83. The molecular formula is C21H18F2N2O3. The molecule has 7 heteroatoms. The Morgan fingerprint density at radius 3 is 2.46 bits per heavy atom. The standard InChI is InChI=1S/C21H18F2N2O3/c1-2-28-21(27)17-7-13(11-24-12-17)6-15-9-19(23)16(10-18(15)22)8-14-4-3-5-25-20(14)26/h3-5,7,9-12H,2,6,8H2,1H3,(H,25,26). The maximum Gasteiger partial charge on any atom is 0.339 e. The summed E-state index contributed by atoms with van der Waals surface area (Å²) in [6, 6.07) is 6.94. The smallest absolute Gasteiger partial charge is 0.339 e. The molecule has 0 spiro atoms. The van der Waals surface area contributed by atoms with Gasteiger partial charge in [0.25, 0.3) is 5.56 Å². The molecule has 0 aliphatic carbocycles. The minimum absolute atomic E-state index is 0.0148. The van der Waals surface area contributed by atoms with Crippen LogP contribution in [0.15, 0.2) is 53.7 Å². The first-order chi connectivity index (χ1) is 13.5. The van der Waals surface area contributed by atoms with Gasteiger partial charge in [-0.1, -0.05) is 6.07 Å². The van der Waals surface area contributed by atoms with Crippen LogP contribution in [0, 0.1) is 11.6 Å². The van der Waals surface area contributed by atoms with Crippen LogP contribution in [-0.4, -0.2) is 22.5 Å². The second-order valence-electron chi connectivity index (χ2n) is 6.22. The fraction of sp³-hybridized carbons (Fsp3) is 0.190. The van der Waals surface area contributed by atoms with Gasteiger partial charge >= 0.3 is 5.97 Å². The minimum Gasteiger partial charge on any atom is -0.462 e. The molecule has 144 valence electrons. The van der Waals surface area contributed by atoms with Gasteiger partial charge < -0.3 is 9.72 Å². The average Bonchev–Trinajstić information content (AvgIpc) is 2.68. The fourth-order valence-corrected chi connectivity index (χ4v) is 2.83. The Labute approximate surface area is 160 Å². The van der Waals surface area contributed by atoms with Gasteiger partial charge in [0.05, 0.1) is 12.2 Å². The van der Waals surface area contributed by atoms with Crippen LogP contribution in [0.3, 0.4) is 0 Å². The van der Waals surface area contributed by atoms with Crippen LogP contribution in [0.25, 0.3) is 0 Å². The van der Waals surface area contributed by atoms with E-state index in [-0.39, 0.29) is 41.7 Å². The largest absolute Gasteiger partial charge is 0.462 e. The molecule has 0 aliphatic rings. The number of H-pyrrole nitrogens is 1. The topological polar surface area (TPSA) is 72.0 Å². The molecule has 2 aromatic heterocycles. The number of ether oxygens (including phenoxy) is 1. The van der Waals surface area contributed by atoms with Gasteiger partial charge in [0.15, 0.2) is 0 Å². The van der Waals surface area contributed by atoms with Gasteiger partial charge in [0, 0.05) is 37.0 Å². The molecule has 0 bridgehead atoms. The van der Waals surface area contributed by atoms with Crippen molar-refractivity contribution < 1.29 is 18.3 Å². The van der Waals surface area contributed by atoms with Crippen molar-refractivity contribution in [1.82, 2.24) is 9.97 Å². The van der Waals surface area contributed by atoms with E-state index in [1.165, 1.54) is 18.6 Å². The number of esters is 1. The van der Waals surface area contributed by atoms with Crippen molar-refractivity contribution in [3.63, 3.8) is 0 Å². The lowest BCUT2D eigenvalue weighted by Crippen LogP contribution is -2.12. The summed E-state index contributed by atoms with van der Waals surface area (Å²) in [4.78, 5) is 30.0. The first-order valence-electron chi connectivity index (χ1n) is 8.72. The van der Waals surface area contributed by atoms with Gasteiger partial charge in [-0.05, 0) is 47.9 Å². The number of rotatable bonds is 6. The molecule has 0 fully saturated rings. The van der Waals surface area contributed by atoms with Crippen molar-refractivity contribution in [2.45, 2.75) is 19.8 Å². The van der Waals surface area contributed by atoms with Crippen molar-refractivity contribution in [3.8, 4) is 0 Å². The first kappa shape index (κ1) is 19.4. The number of nitrogens with one attached hydrogen (secondary N) is 1. The molecule has 0 saturated carbocycles. The van der Waals surface area contributed by atoms with E-state index >= 15 is 0 Å². The second kappa shape index (κ2) is 8.56. The SMILES string of the molecule is CCOC(=O)c1cncc(Cc2cc(F)c(Cc3ccc[nH]c3=O)cc2F)c1. The van der Waals surface area contributed by atoms with Crippen molar-refractivity contribution >= 4 is 5.97 Å². The van der Waals surface area contributed by atoms with Gasteiger partial charge in [0.2, 0.25) is 0 Å². The lowest BCUT2D eigenvalue weighted by molar-refractivity contribution is 0.0525. The third kappa shape index (κ3) is 4.49. The maximum atomic E-state index is 14.5. The summed E-state index contributed by atoms with van der Waals surface area (Å²) < 4.78 is 33.9. The van der Waals surface area contributed by atoms with Crippen LogP contribution in [-0.2, 0) is 17.6 Å². The van der Waals surface area contributed by atoms with E-state index in [1.807, 2.05) is 0 Å². The van der Waals surface area contributed by atoms with Crippen LogP contribution in [0.2, 0.25) is 0 Å². The van der Waals surface area contributed by atoms with E-state index in [9.17, 15) is 18.4 Å². The highest BCUT2D eigenvalue weighted by molar-refractivity contribution is 5.89. The van der Waals surface area contributed by atoms with Crippen LogP contribution in [0.1, 0.15) is 39.5 Å². The molecule has 0 radical (unpaired) electrons. The Balaban J connectivity index is 1.83. The molecule has 0 atom stereocenters. The summed E-state index contributed by atoms with van der Waals surface area (Å²) >= 11 is 0. The summed E-state index contributed by atoms with van der Waals surface area (Å²) in [5.74, 6) is -1.72. The Kier molecular flexibility index (Phi) is 5.93. The highest BCUT2D eigenvalue weighted by Crippen LogP contribution is 2.20. The molecule has 0 unspecified atom stereocenters. The number of aromatic amines is 1. The number of pyridine rings is 2. The number of halogens is 2. The molecule has 28 heavy (non-hydrogen) atoms. The first-order valence-corrected chi connectivity index (χ1v) is 8.72. The van der Waals surface area contributed by atoms with Gasteiger partial charge in [-0.15, -0.1) is 0 Å². The van der Waals surface area contributed by atoms with Gasteiger partial charge in [-0.2, -0.15) is 0 Å². The summed E-state index contributed by atoms with van der Waals surface area (Å²) in [6.07, 6.45) is 4.37. The monoisotopic (exact) mass is 384 g/mol. The number of nitrogens with zero attached hydrogens (tertiary/aromatic N) is 1. The van der Waals surface area contributed by atoms with Crippen LogP contribution in [0.5, 0.6) is 0 Å². The Bertz CT molecular complexity index is 1060. The van der Waals surface area contributed by atoms with E-state index in [1.54, 1.807) is 25.1 Å². The predicted octanol–water partition coefficient (Wildman–Crippen LogP) is 3.41.